The highest BCUT2D eigenvalue weighted by atomic mass is 15.0. The Hall–Kier alpha value is -6.44. The predicted octanol–water partition coefficient (Wildman–Crippen LogP) is 13.2. The fourth-order valence-corrected chi connectivity index (χ4v) is 9.66. The molecule has 244 valence electrons. The molecule has 1 heteroatoms. The Kier molecular flexibility index (Phi) is 6.51. The lowest BCUT2D eigenvalue weighted by atomic mass is 9.57. The normalized spacial score (nSPS) is 17.0. The molecule has 0 saturated carbocycles. The van der Waals surface area contributed by atoms with Crippen LogP contribution in [0.15, 0.2) is 194 Å². The Bertz CT molecular complexity index is 2770. The molecule has 3 unspecified atom stereocenters. The molecule has 3 atom stereocenters. The number of fused-ring (bicyclic) bond motifs is 7. The van der Waals surface area contributed by atoms with Gasteiger partial charge >= 0.3 is 0 Å². The summed E-state index contributed by atoms with van der Waals surface area (Å²) in [6.07, 6.45) is 0. The van der Waals surface area contributed by atoms with Crippen molar-refractivity contribution in [1.29, 1.82) is 0 Å². The second-order valence-electron chi connectivity index (χ2n) is 14.4. The minimum absolute atomic E-state index is 0.198. The van der Waals surface area contributed by atoms with E-state index >= 15 is 0 Å². The van der Waals surface area contributed by atoms with Gasteiger partial charge in [-0.2, -0.15) is 0 Å². The fraction of sp³-hybridized carbons (Fsp3) is 0.0588. The van der Waals surface area contributed by atoms with Crippen molar-refractivity contribution in [3.63, 3.8) is 0 Å². The topological polar surface area (TPSA) is 4.93 Å². The molecule has 9 aromatic rings. The quantitative estimate of drug-likeness (QED) is 0.177. The molecular formula is C51H35N. The number of nitrogens with zero attached hydrogens (tertiary/aromatic N) is 1. The van der Waals surface area contributed by atoms with E-state index in [2.05, 4.69) is 199 Å². The van der Waals surface area contributed by atoms with Crippen LogP contribution in [-0.2, 0) is 0 Å². The first-order chi connectivity index (χ1) is 25.8. The van der Waals surface area contributed by atoms with Gasteiger partial charge in [0, 0.05) is 34.2 Å². The second kappa shape index (κ2) is 11.5. The van der Waals surface area contributed by atoms with Gasteiger partial charge in [-0.1, -0.05) is 164 Å². The second-order valence-corrected chi connectivity index (χ2v) is 14.4. The smallest absolute Gasteiger partial charge is 0.0541 e. The van der Waals surface area contributed by atoms with Crippen LogP contribution in [-0.4, -0.2) is 4.57 Å². The molecule has 0 amide bonds. The summed E-state index contributed by atoms with van der Waals surface area (Å²) in [7, 11) is 0. The van der Waals surface area contributed by atoms with Crippen LogP contribution in [0.4, 0.5) is 0 Å². The average molecular weight is 662 g/mol. The van der Waals surface area contributed by atoms with Crippen LogP contribution in [0.3, 0.4) is 0 Å². The van der Waals surface area contributed by atoms with E-state index in [1.807, 2.05) is 0 Å². The molecule has 1 aromatic heterocycles. The van der Waals surface area contributed by atoms with E-state index < -0.39 is 0 Å². The van der Waals surface area contributed by atoms with Gasteiger partial charge in [0.05, 0.1) is 11.0 Å². The van der Waals surface area contributed by atoms with E-state index in [4.69, 9.17) is 0 Å². The lowest BCUT2D eigenvalue weighted by Gasteiger charge is -2.45. The molecule has 8 aromatic carbocycles. The van der Waals surface area contributed by atoms with E-state index in [9.17, 15) is 0 Å². The van der Waals surface area contributed by atoms with Crippen molar-refractivity contribution >= 4 is 21.8 Å². The van der Waals surface area contributed by atoms with Gasteiger partial charge in [0.25, 0.3) is 0 Å². The van der Waals surface area contributed by atoms with Crippen LogP contribution in [0.2, 0.25) is 0 Å². The highest BCUT2D eigenvalue weighted by Gasteiger charge is 2.45. The van der Waals surface area contributed by atoms with Crippen LogP contribution >= 0.6 is 0 Å². The number of aromatic nitrogens is 1. The molecule has 1 heterocycles. The number of benzene rings is 8. The third kappa shape index (κ3) is 4.29. The van der Waals surface area contributed by atoms with Crippen LogP contribution in [0.5, 0.6) is 0 Å². The minimum Gasteiger partial charge on any atom is -0.309 e. The SMILES string of the molecule is c1ccc(C2c3ccccc3-c3cccc4c3C2C(c2ccc(-c3ccc5c(c3)c3ccccc3n5-c3ccccc3)cc2)c2ccccc2-4)cc1. The van der Waals surface area contributed by atoms with Crippen molar-refractivity contribution in [2.75, 3.05) is 0 Å². The zero-order valence-electron chi connectivity index (χ0n) is 28.7. The van der Waals surface area contributed by atoms with Crippen molar-refractivity contribution in [2.45, 2.75) is 17.8 Å². The summed E-state index contributed by atoms with van der Waals surface area (Å²) in [5, 5.41) is 2.55. The van der Waals surface area contributed by atoms with E-state index in [0.29, 0.717) is 0 Å². The van der Waals surface area contributed by atoms with Gasteiger partial charge in [0.2, 0.25) is 0 Å². The first-order valence-corrected chi connectivity index (χ1v) is 18.4. The third-order valence-electron chi connectivity index (χ3n) is 11.8. The van der Waals surface area contributed by atoms with Crippen molar-refractivity contribution in [3.05, 3.63) is 222 Å². The monoisotopic (exact) mass is 661 g/mol. The summed E-state index contributed by atoms with van der Waals surface area (Å²) in [5.74, 6) is 0.682. The molecule has 0 bridgehead atoms. The predicted molar refractivity (Wildman–Crippen MR) is 216 cm³/mol. The van der Waals surface area contributed by atoms with Crippen LogP contribution < -0.4 is 0 Å². The Morgan fingerprint density at radius 1 is 0.346 bits per heavy atom. The largest absolute Gasteiger partial charge is 0.309 e. The van der Waals surface area contributed by atoms with Gasteiger partial charge in [-0.15, -0.1) is 0 Å². The molecular weight excluding hydrogens is 627 g/mol. The molecule has 52 heavy (non-hydrogen) atoms. The molecule has 11 rings (SSSR count). The van der Waals surface area contributed by atoms with E-state index in [0.717, 1.165) is 0 Å². The fourth-order valence-electron chi connectivity index (χ4n) is 9.66. The molecule has 0 saturated heterocycles. The maximum absolute atomic E-state index is 2.41. The lowest BCUT2D eigenvalue weighted by molar-refractivity contribution is 0.530. The molecule has 0 N–H and O–H groups in total. The Morgan fingerprint density at radius 2 is 0.865 bits per heavy atom. The highest BCUT2D eigenvalue weighted by Crippen LogP contribution is 2.62. The highest BCUT2D eigenvalue weighted by molar-refractivity contribution is 6.10. The molecule has 0 radical (unpaired) electrons. The van der Waals surface area contributed by atoms with E-state index in [1.165, 1.54) is 88.7 Å². The molecule has 2 aliphatic carbocycles. The first kappa shape index (κ1) is 29.3. The van der Waals surface area contributed by atoms with Crippen molar-refractivity contribution in [2.24, 2.45) is 0 Å². The van der Waals surface area contributed by atoms with Gasteiger partial charge in [-0.25, -0.2) is 0 Å². The summed E-state index contributed by atoms with van der Waals surface area (Å²) in [6, 6.07) is 72.4. The first-order valence-electron chi connectivity index (χ1n) is 18.4. The summed E-state index contributed by atoms with van der Waals surface area (Å²) in [6.45, 7) is 0. The van der Waals surface area contributed by atoms with Gasteiger partial charge in [-0.3, -0.25) is 0 Å². The van der Waals surface area contributed by atoms with Gasteiger partial charge in [0.15, 0.2) is 0 Å². The molecule has 1 nitrogen and oxygen atoms in total. The number of para-hydroxylation sites is 2. The standard InChI is InChI=1S/C51H35N/c1-3-14-34(15-4-1)48-41-21-9-7-18-38(41)43-23-13-24-44-39-19-8-10-22-42(39)49(51(48)50(43)44)35-28-26-33(27-29-35)36-30-31-47-45(32-36)40-20-11-12-25-46(40)52(47)37-16-5-2-6-17-37/h1-32,48-49,51H. The van der Waals surface area contributed by atoms with E-state index in [1.54, 1.807) is 0 Å². The summed E-state index contributed by atoms with van der Waals surface area (Å²) in [5.41, 5.74) is 18.7. The van der Waals surface area contributed by atoms with Crippen LogP contribution in [0, 0.1) is 0 Å². The zero-order valence-corrected chi connectivity index (χ0v) is 28.7. The number of rotatable bonds is 4. The summed E-state index contributed by atoms with van der Waals surface area (Å²) < 4.78 is 2.38. The molecule has 0 spiro atoms. The maximum Gasteiger partial charge on any atom is 0.0541 e. The summed E-state index contributed by atoms with van der Waals surface area (Å²) in [4.78, 5) is 0. The number of hydrogen-bond acceptors (Lipinski definition) is 0. The van der Waals surface area contributed by atoms with Gasteiger partial charge < -0.3 is 4.57 Å². The summed E-state index contributed by atoms with van der Waals surface area (Å²) >= 11 is 0. The number of hydrogen-bond donors (Lipinski definition) is 0. The van der Waals surface area contributed by atoms with Crippen LogP contribution in [0.1, 0.15) is 45.6 Å². The van der Waals surface area contributed by atoms with Crippen molar-refractivity contribution < 1.29 is 0 Å². The van der Waals surface area contributed by atoms with E-state index in [-0.39, 0.29) is 17.8 Å². The molecule has 0 fully saturated rings. The molecule has 2 aliphatic rings. The average Bonchev–Trinajstić information content (AvgIpc) is 3.55. The van der Waals surface area contributed by atoms with Crippen molar-refractivity contribution in [1.82, 2.24) is 4.57 Å². The Morgan fingerprint density at radius 3 is 1.56 bits per heavy atom. The maximum atomic E-state index is 2.41. The Balaban J connectivity index is 1.08. The zero-order chi connectivity index (χ0) is 34.2. The van der Waals surface area contributed by atoms with Crippen molar-refractivity contribution in [3.8, 4) is 39.1 Å². The Labute approximate surface area is 304 Å². The minimum atomic E-state index is 0.198. The lowest BCUT2D eigenvalue weighted by Crippen LogP contribution is -2.29. The van der Waals surface area contributed by atoms with Gasteiger partial charge in [0.1, 0.15) is 0 Å². The van der Waals surface area contributed by atoms with Crippen LogP contribution in [0.25, 0.3) is 60.9 Å². The third-order valence-corrected chi connectivity index (χ3v) is 11.8. The van der Waals surface area contributed by atoms with Gasteiger partial charge in [-0.05, 0) is 91.5 Å². The molecule has 0 aliphatic heterocycles.